The zero-order valence-corrected chi connectivity index (χ0v) is 18.5. The average Bonchev–Trinajstić information content (AvgIpc) is 3.12. The number of benzene rings is 2. The highest BCUT2D eigenvalue weighted by atomic mass is 32.2. The third-order valence-corrected chi connectivity index (χ3v) is 5.85. The van der Waals surface area contributed by atoms with E-state index in [-0.39, 0.29) is 23.5 Å². The molecule has 0 saturated heterocycles. The Bertz CT molecular complexity index is 1060. The van der Waals surface area contributed by atoms with Gasteiger partial charge in [-0.05, 0) is 49.2 Å². The molecule has 1 atom stereocenters. The summed E-state index contributed by atoms with van der Waals surface area (Å²) < 4.78 is 5.42. The van der Waals surface area contributed by atoms with Crippen LogP contribution in [0.3, 0.4) is 0 Å². The van der Waals surface area contributed by atoms with Crippen LogP contribution in [-0.4, -0.2) is 46.1 Å². The molecule has 2 aliphatic rings. The molecule has 2 aliphatic heterocycles. The monoisotopic (exact) mass is 436 g/mol. The van der Waals surface area contributed by atoms with E-state index in [4.69, 9.17) is 4.74 Å². The van der Waals surface area contributed by atoms with Crippen LogP contribution in [0.15, 0.2) is 58.5 Å². The minimum Gasteiger partial charge on any atom is -0.494 e. The fourth-order valence-corrected chi connectivity index (χ4v) is 4.23. The van der Waals surface area contributed by atoms with E-state index in [1.54, 1.807) is 17.0 Å². The van der Waals surface area contributed by atoms with Crippen molar-refractivity contribution in [2.45, 2.75) is 26.8 Å². The largest absolute Gasteiger partial charge is 0.494 e. The van der Waals surface area contributed by atoms with Crippen LogP contribution >= 0.6 is 11.8 Å². The van der Waals surface area contributed by atoms with E-state index in [1.807, 2.05) is 57.2 Å². The molecule has 0 aliphatic carbocycles. The summed E-state index contributed by atoms with van der Waals surface area (Å²) in [6.45, 7) is 6.46. The molecule has 2 amide bonds. The van der Waals surface area contributed by atoms with E-state index in [2.05, 4.69) is 15.3 Å². The topological polar surface area (TPSA) is 83.4 Å². The molecular weight excluding hydrogens is 412 g/mol. The number of aliphatic imine (C=N–C) groups is 2. The third kappa shape index (κ3) is 4.34. The quantitative estimate of drug-likeness (QED) is 0.740. The number of para-hydroxylation sites is 1. The molecule has 0 spiro atoms. The zero-order chi connectivity index (χ0) is 22.0. The lowest BCUT2D eigenvalue weighted by molar-refractivity contribution is -0.125. The average molecular weight is 437 g/mol. The molecule has 0 bridgehead atoms. The Morgan fingerprint density at radius 3 is 2.65 bits per heavy atom. The van der Waals surface area contributed by atoms with Gasteiger partial charge in [-0.3, -0.25) is 14.6 Å². The maximum absolute atomic E-state index is 13.0. The molecule has 8 heteroatoms. The first kappa shape index (κ1) is 21.1. The van der Waals surface area contributed by atoms with Crippen molar-refractivity contribution in [2.24, 2.45) is 15.9 Å². The van der Waals surface area contributed by atoms with Gasteiger partial charge in [0.25, 0.3) is 5.91 Å². The number of amidine groups is 2. The van der Waals surface area contributed by atoms with Crippen molar-refractivity contribution in [3.8, 4) is 5.75 Å². The van der Waals surface area contributed by atoms with E-state index in [9.17, 15) is 9.59 Å². The number of hydrogen-bond donors (Lipinski definition) is 1. The molecule has 160 valence electrons. The van der Waals surface area contributed by atoms with Gasteiger partial charge in [-0.1, -0.05) is 37.7 Å². The van der Waals surface area contributed by atoms with Crippen LogP contribution < -0.4 is 10.1 Å². The molecule has 2 aromatic carbocycles. The molecule has 2 aromatic rings. The first-order valence-corrected chi connectivity index (χ1v) is 11.2. The maximum Gasteiger partial charge on any atom is 0.259 e. The van der Waals surface area contributed by atoms with Gasteiger partial charge < -0.3 is 10.1 Å². The van der Waals surface area contributed by atoms with Gasteiger partial charge in [-0.2, -0.15) is 0 Å². The first-order chi connectivity index (χ1) is 15.0. The summed E-state index contributed by atoms with van der Waals surface area (Å²) in [4.78, 5) is 36.4. The Kier molecular flexibility index (Phi) is 6.08. The van der Waals surface area contributed by atoms with Gasteiger partial charge in [0.15, 0.2) is 5.17 Å². The predicted octanol–water partition coefficient (Wildman–Crippen LogP) is 4.07. The minimum absolute atomic E-state index is 0.0759. The van der Waals surface area contributed by atoms with Crippen LogP contribution in [0.5, 0.6) is 5.75 Å². The van der Waals surface area contributed by atoms with E-state index < -0.39 is 6.04 Å². The van der Waals surface area contributed by atoms with Crippen molar-refractivity contribution in [1.29, 1.82) is 0 Å². The summed E-state index contributed by atoms with van der Waals surface area (Å²) in [6.07, 6.45) is 0. The van der Waals surface area contributed by atoms with E-state index in [1.165, 1.54) is 11.8 Å². The normalized spacial score (nSPS) is 17.1. The number of thioether (sulfide) groups is 1. The number of amides is 2. The number of nitrogens with one attached hydrogen (secondary N) is 1. The zero-order valence-electron chi connectivity index (χ0n) is 17.7. The summed E-state index contributed by atoms with van der Waals surface area (Å²) >= 11 is 1.23. The summed E-state index contributed by atoms with van der Waals surface area (Å²) in [5, 5.41) is 3.34. The van der Waals surface area contributed by atoms with Gasteiger partial charge >= 0.3 is 0 Å². The summed E-state index contributed by atoms with van der Waals surface area (Å²) in [5.74, 6) is 1.29. The standard InChI is InChI=1S/C23H24N4O3S/c1-4-30-16-11-9-15(10-12-16)24-19(28)13-31-23-25-18-8-6-5-7-17(18)21-26-20(14(2)3)22(29)27(21)23/h5-12,14,20H,4,13H2,1-3H3,(H,24,28). The van der Waals surface area contributed by atoms with Crippen LogP contribution in [0, 0.1) is 5.92 Å². The smallest absolute Gasteiger partial charge is 0.259 e. The Balaban J connectivity index is 1.49. The van der Waals surface area contributed by atoms with Crippen molar-refractivity contribution in [3.63, 3.8) is 0 Å². The highest BCUT2D eigenvalue weighted by Gasteiger charge is 2.42. The van der Waals surface area contributed by atoms with Crippen molar-refractivity contribution in [3.05, 3.63) is 54.1 Å². The fourth-order valence-electron chi connectivity index (χ4n) is 3.43. The Morgan fingerprint density at radius 1 is 1.19 bits per heavy atom. The second-order valence-electron chi connectivity index (χ2n) is 7.52. The Hall–Kier alpha value is -3.13. The van der Waals surface area contributed by atoms with Crippen LogP contribution in [0.25, 0.3) is 0 Å². The molecule has 0 radical (unpaired) electrons. The maximum atomic E-state index is 13.0. The number of hydrogen-bond acceptors (Lipinski definition) is 6. The molecule has 0 saturated carbocycles. The number of nitrogens with zero attached hydrogens (tertiary/aromatic N) is 3. The molecule has 1 unspecified atom stereocenters. The van der Waals surface area contributed by atoms with Gasteiger partial charge in [0.05, 0.1) is 18.0 Å². The third-order valence-electron chi connectivity index (χ3n) is 4.91. The molecule has 0 aromatic heterocycles. The molecule has 4 rings (SSSR count). The minimum atomic E-state index is -0.440. The molecule has 31 heavy (non-hydrogen) atoms. The lowest BCUT2D eigenvalue weighted by Gasteiger charge is -2.25. The number of fused-ring (bicyclic) bond motifs is 3. The second-order valence-corrected chi connectivity index (χ2v) is 8.46. The highest BCUT2D eigenvalue weighted by molar-refractivity contribution is 8.14. The Morgan fingerprint density at radius 2 is 1.94 bits per heavy atom. The molecule has 2 heterocycles. The van der Waals surface area contributed by atoms with Crippen LogP contribution in [0.4, 0.5) is 11.4 Å². The Labute approximate surface area is 185 Å². The lowest BCUT2D eigenvalue weighted by Crippen LogP contribution is -2.42. The molecule has 7 nitrogen and oxygen atoms in total. The van der Waals surface area contributed by atoms with Crippen LogP contribution in [0.1, 0.15) is 26.3 Å². The van der Waals surface area contributed by atoms with Crippen LogP contribution in [0.2, 0.25) is 0 Å². The number of ether oxygens (including phenoxy) is 1. The van der Waals surface area contributed by atoms with E-state index in [0.717, 1.165) is 17.0 Å². The van der Waals surface area contributed by atoms with Gasteiger partial charge in [0.1, 0.15) is 17.6 Å². The number of carbonyl (C=O) groups excluding carboxylic acids is 2. The van der Waals surface area contributed by atoms with Crippen molar-refractivity contribution >= 4 is 46.0 Å². The first-order valence-electron chi connectivity index (χ1n) is 10.2. The summed E-state index contributed by atoms with van der Waals surface area (Å²) in [5.41, 5.74) is 2.27. The number of carbonyl (C=O) groups is 2. The molecule has 1 N–H and O–H groups in total. The molecular formula is C23H24N4O3S. The second kappa shape index (κ2) is 8.93. The lowest BCUT2D eigenvalue weighted by atomic mass is 10.1. The van der Waals surface area contributed by atoms with Gasteiger partial charge in [-0.15, -0.1) is 0 Å². The van der Waals surface area contributed by atoms with E-state index >= 15 is 0 Å². The predicted molar refractivity (Wildman–Crippen MR) is 124 cm³/mol. The summed E-state index contributed by atoms with van der Waals surface area (Å²) in [6, 6.07) is 14.4. The SMILES string of the molecule is CCOc1ccc(NC(=O)CSC2=Nc3ccccc3C3=NC(C(C)C)C(=O)N23)cc1. The van der Waals surface area contributed by atoms with Gasteiger partial charge in [0, 0.05) is 11.3 Å². The number of rotatable bonds is 6. The summed E-state index contributed by atoms with van der Waals surface area (Å²) in [7, 11) is 0. The number of anilines is 1. The van der Waals surface area contributed by atoms with E-state index in [0.29, 0.717) is 23.3 Å². The molecule has 0 fully saturated rings. The van der Waals surface area contributed by atoms with Crippen molar-refractivity contribution in [2.75, 3.05) is 17.7 Å². The fraction of sp³-hybridized carbons (Fsp3) is 0.304. The van der Waals surface area contributed by atoms with Crippen LogP contribution in [-0.2, 0) is 9.59 Å². The van der Waals surface area contributed by atoms with Crippen molar-refractivity contribution in [1.82, 2.24) is 4.90 Å². The highest BCUT2D eigenvalue weighted by Crippen LogP contribution is 2.34. The van der Waals surface area contributed by atoms with Gasteiger partial charge in [0.2, 0.25) is 5.91 Å². The van der Waals surface area contributed by atoms with Crippen molar-refractivity contribution < 1.29 is 14.3 Å². The van der Waals surface area contributed by atoms with Gasteiger partial charge in [-0.25, -0.2) is 9.89 Å².